The minimum Gasteiger partial charge on any atom is -0.395 e. The van der Waals surface area contributed by atoms with E-state index in [1.54, 1.807) is 6.20 Å². The molecule has 1 heterocycles. The number of hydrogen-bond acceptors (Lipinski definition) is 4. The van der Waals surface area contributed by atoms with Crippen molar-refractivity contribution in [3.8, 4) is 0 Å². The van der Waals surface area contributed by atoms with Gasteiger partial charge in [0.15, 0.2) is 0 Å². The van der Waals surface area contributed by atoms with E-state index in [0.717, 1.165) is 11.1 Å². The largest absolute Gasteiger partial charge is 0.395 e. The Kier molecular flexibility index (Phi) is 6.31. The van der Waals surface area contributed by atoms with Gasteiger partial charge in [0.1, 0.15) is 0 Å². The fourth-order valence-corrected chi connectivity index (χ4v) is 2.22. The first kappa shape index (κ1) is 17.2. The third-order valence-corrected chi connectivity index (χ3v) is 3.90. The molecule has 0 fully saturated rings. The molecule has 0 bridgehead atoms. The molecule has 0 saturated carbocycles. The van der Waals surface area contributed by atoms with Crippen LogP contribution in [-0.4, -0.2) is 51.9 Å². The Bertz CT molecular complexity index is 613. The molecule has 6 heteroatoms. The average Bonchev–Trinajstić information content (AvgIpc) is 3.06. The van der Waals surface area contributed by atoms with Gasteiger partial charge in [-0.3, -0.25) is 14.4 Å². The topological polar surface area (TPSA) is 70.4 Å². The van der Waals surface area contributed by atoms with Gasteiger partial charge in [0.05, 0.1) is 19.7 Å². The van der Waals surface area contributed by atoms with Crippen molar-refractivity contribution in [1.82, 2.24) is 20.0 Å². The van der Waals surface area contributed by atoms with Gasteiger partial charge in [-0.2, -0.15) is 5.10 Å². The third-order valence-electron chi connectivity index (χ3n) is 3.90. The number of amides is 1. The fourth-order valence-electron chi connectivity index (χ4n) is 2.22. The second-order valence-electron chi connectivity index (χ2n) is 5.70. The van der Waals surface area contributed by atoms with E-state index in [-0.39, 0.29) is 25.1 Å². The smallest absolute Gasteiger partial charge is 0.234 e. The van der Waals surface area contributed by atoms with Gasteiger partial charge in [-0.15, -0.1) is 0 Å². The molecule has 124 valence electrons. The lowest BCUT2D eigenvalue weighted by Gasteiger charge is -2.22. The van der Waals surface area contributed by atoms with Crippen molar-refractivity contribution in [3.05, 3.63) is 53.9 Å². The summed E-state index contributed by atoms with van der Waals surface area (Å²) in [7, 11) is 1.83. The van der Waals surface area contributed by atoms with Crippen molar-refractivity contribution < 1.29 is 9.90 Å². The lowest BCUT2D eigenvalue weighted by atomic mass is 10.1. The van der Waals surface area contributed by atoms with Crippen molar-refractivity contribution >= 4 is 5.91 Å². The molecule has 2 N–H and O–H groups in total. The van der Waals surface area contributed by atoms with Crippen molar-refractivity contribution in [2.45, 2.75) is 26.1 Å². The van der Waals surface area contributed by atoms with Crippen LogP contribution in [0.5, 0.6) is 0 Å². The predicted octanol–water partition coefficient (Wildman–Crippen LogP) is 0.860. The summed E-state index contributed by atoms with van der Waals surface area (Å²) < 4.78 is 1.86. The molecule has 0 saturated heterocycles. The highest BCUT2D eigenvalue weighted by Gasteiger charge is 2.12. The van der Waals surface area contributed by atoms with Crippen LogP contribution in [0.25, 0.3) is 0 Å². The Hall–Kier alpha value is -2.18. The second kappa shape index (κ2) is 8.45. The first-order valence-corrected chi connectivity index (χ1v) is 7.72. The first-order valence-electron chi connectivity index (χ1n) is 7.72. The SMILES string of the molecule is CC(CO)N(C)CC(=O)NCc1ccccc1Cn1cccn1. The lowest BCUT2D eigenvalue weighted by molar-refractivity contribution is -0.122. The normalized spacial score (nSPS) is 12.3. The highest BCUT2D eigenvalue weighted by molar-refractivity contribution is 5.78. The molecule has 2 rings (SSSR count). The van der Waals surface area contributed by atoms with Gasteiger partial charge >= 0.3 is 0 Å². The monoisotopic (exact) mass is 316 g/mol. The molecule has 1 aromatic carbocycles. The second-order valence-corrected chi connectivity index (χ2v) is 5.70. The van der Waals surface area contributed by atoms with E-state index in [0.29, 0.717) is 13.1 Å². The first-order chi connectivity index (χ1) is 11.1. The summed E-state index contributed by atoms with van der Waals surface area (Å²) in [4.78, 5) is 13.8. The van der Waals surface area contributed by atoms with Gasteiger partial charge in [-0.25, -0.2) is 0 Å². The number of nitrogens with zero attached hydrogens (tertiary/aromatic N) is 3. The van der Waals surface area contributed by atoms with Crippen LogP contribution in [-0.2, 0) is 17.9 Å². The summed E-state index contributed by atoms with van der Waals surface area (Å²) in [5.41, 5.74) is 2.21. The van der Waals surface area contributed by atoms with E-state index < -0.39 is 0 Å². The Balaban J connectivity index is 1.91. The summed E-state index contributed by atoms with van der Waals surface area (Å²) >= 11 is 0. The van der Waals surface area contributed by atoms with Gasteiger partial charge < -0.3 is 10.4 Å². The van der Waals surface area contributed by atoms with E-state index in [1.807, 2.05) is 60.1 Å². The third kappa shape index (κ3) is 5.19. The number of aliphatic hydroxyl groups is 1. The molecule has 0 aliphatic carbocycles. The van der Waals surface area contributed by atoms with Gasteiger partial charge in [0.25, 0.3) is 0 Å². The molecule has 1 aromatic heterocycles. The van der Waals surface area contributed by atoms with Crippen LogP contribution in [0.1, 0.15) is 18.1 Å². The molecule has 2 aromatic rings. The van der Waals surface area contributed by atoms with Crippen LogP contribution in [0.3, 0.4) is 0 Å². The van der Waals surface area contributed by atoms with Crippen LogP contribution in [0.4, 0.5) is 0 Å². The number of hydrogen-bond donors (Lipinski definition) is 2. The summed E-state index contributed by atoms with van der Waals surface area (Å²) in [6.45, 7) is 3.35. The molecule has 1 unspecified atom stereocenters. The summed E-state index contributed by atoms with van der Waals surface area (Å²) in [6, 6.07) is 9.87. The number of aliphatic hydroxyl groups excluding tert-OH is 1. The molecule has 0 aliphatic rings. The Morgan fingerprint density at radius 3 is 2.74 bits per heavy atom. The summed E-state index contributed by atoms with van der Waals surface area (Å²) in [6.07, 6.45) is 3.67. The zero-order valence-corrected chi connectivity index (χ0v) is 13.6. The molecule has 1 amide bonds. The molecular weight excluding hydrogens is 292 g/mol. The number of nitrogens with one attached hydrogen (secondary N) is 1. The Labute approximate surface area is 136 Å². The van der Waals surface area contributed by atoms with E-state index in [4.69, 9.17) is 5.11 Å². The standard InChI is InChI=1S/C17H24N4O2/c1-14(13-22)20(2)12-17(23)18-10-15-6-3-4-7-16(15)11-21-9-5-8-19-21/h3-9,14,22H,10-13H2,1-2H3,(H,18,23). The highest BCUT2D eigenvalue weighted by Crippen LogP contribution is 2.10. The molecule has 23 heavy (non-hydrogen) atoms. The summed E-state index contributed by atoms with van der Waals surface area (Å²) in [5.74, 6) is -0.0540. The van der Waals surface area contributed by atoms with Crippen molar-refractivity contribution in [2.24, 2.45) is 0 Å². The maximum absolute atomic E-state index is 12.0. The van der Waals surface area contributed by atoms with Crippen LogP contribution in [0, 0.1) is 0 Å². The molecule has 6 nitrogen and oxygen atoms in total. The number of rotatable bonds is 8. The number of carbonyl (C=O) groups is 1. The zero-order chi connectivity index (χ0) is 16.7. The minimum atomic E-state index is -0.0540. The van der Waals surface area contributed by atoms with Gasteiger partial charge in [0, 0.05) is 25.0 Å². The number of aromatic nitrogens is 2. The van der Waals surface area contributed by atoms with Crippen LogP contribution in [0.2, 0.25) is 0 Å². The molecule has 0 aliphatic heterocycles. The fraction of sp³-hybridized carbons (Fsp3) is 0.412. The number of carbonyl (C=O) groups excluding carboxylic acids is 1. The van der Waals surface area contributed by atoms with Gasteiger partial charge in [-0.05, 0) is 31.2 Å². The Morgan fingerprint density at radius 2 is 2.09 bits per heavy atom. The minimum absolute atomic E-state index is 0.0344. The van der Waals surface area contributed by atoms with Crippen LogP contribution >= 0.6 is 0 Å². The van der Waals surface area contributed by atoms with Crippen LogP contribution in [0.15, 0.2) is 42.7 Å². The highest BCUT2D eigenvalue weighted by atomic mass is 16.3. The quantitative estimate of drug-likeness (QED) is 0.758. The van der Waals surface area contributed by atoms with Crippen molar-refractivity contribution in [2.75, 3.05) is 20.2 Å². The molecule has 1 atom stereocenters. The van der Waals surface area contributed by atoms with E-state index in [2.05, 4.69) is 10.4 Å². The maximum Gasteiger partial charge on any atom is 0.234 e. The lowest BCUT2D eigenvalue weighted by Crippen LogP contribution is -2.40. The predicted molar refractivity (Wildman–Crippen MR) is 88.8 cm³/mol. The average molecular weight is 316 g/mol. The maximum atomic E-state index is 12.0. The van der Waals surface area contributed by atoms with Crippen molar-refractivity contribution in [1.29, 1.82) is 0 Å². The van der Waals surface area contributed by atoms with Gasteiger partial charge in [0.2, 0.25) is 5.91 Å². The van der Waals surface area contributed by atoms with E-state index in [9.17, 15) is 4.79 Å². The van der Waals surface area contributed by atoms with E-state index >= 15 is 0 Å². The molecular formula is C17H24N4O2. The number of benzene rings is 1. The summed E-state index contributed by atoms with van der Waals surface area (Å²) in [5, 5.41) is 16.3. The Morgan fingerprint density at radius 1 is 1.35 bits per heavy atom. The van der Waals surface area contributed by atoms with Crippen molar-refractivity contribution in [3.63, 3.8) is 0 Å². The molecule has 0 spiro atoms. The van der Waals surface area contributed by atoms with Crippen LogP contribution < -0.4 is 5.32 Å². The van der Waals surface area contributed by atoms with Gasteiger partial charge in [-0.1, -0.05) is 24.3 Å². The molecule has 0 radical (unpaired) electrons. The number of likely N-dealkylation sites (N-methyl/N-ethyl adjacent to an activating group) is 1. The zero-order valence-electron chi connectivity index (χ0n) is 13.6. The van der Waals surface area contributed by atoms with E-state index in [1.165, 1.54) is 0 Å².